The first-order valence-corrected chi connectivity index (χ1v) is 29.2. The van der Waals surface area contributed by atoms with E-state index in [1.165, 1.54) is 225 Å². The van der Waals surface area contributed by atoms with E-state index in [0.717, 1.165) is 64.2 Å². The molecule has 0 aliphatic rings. The summed E-state index contributed by atoms with van der Waals surface area (Å²) in [6.07, 6.45) is 62.0. The molecule has 0 radical (unpaired) electrons. The molecular weight excluding hydrogens is 805 g/mol. The molecule has 0 aromatic carbocycles. The molecule has 0 N–H and O–H groups in total. The Balaban J connectivity index is 4.30. The predicted octanol–water partition coefficient (Wildman–Crippen LogP) is 19.3. The Morgan fingerprint density at radius 2 is 0.508 bits per heavy atom. The van der Waals surface area contributed by atoms with E-state index in [2.05, 4.69) is 32.9 Å². The topological polar surface area (TPSA) is 78.9 Å². The van der Waals surface area contributed by atoms with Gasteiger partial charge in [-0.1, -0.05) is 277 Å². The molecule has 0 aliphatic carbocycles. The van der Waals surface area contributed by atoms with Crippen molar-refractivity contribution in [3.63, 3.8) is 0 Å². The maximum Gasteiger partial charge on any atom is 0.306 e. The smallest absolute Gasteiger partial charge is 0.306 e. The van der Waals surface area contributed by atoms with Crippen molar-refractivity contribution in [2.24, 2.45) is 0 Å². The first-order valence-electron chi connectivity index (χ1n) is 29.2. The standard InChI is InChI=1S/C59H112O6/c1-4-7-10-13-16-19-22-25-27-29-31-34-37-40-43-46-49-52-58(61)64-55-56(54-63-57(60)51-48-45-42-39-36-33-24-21-18-15-12-9-6-3)65-59(62)53-50-47-44-41-38-35-32-30-28-26-23-20-17-14-11-8-5-2/h21,24,56H,4-20,22-23,25-55H2,1-3H3/b24-21-. The Bertz CT molecular complexity index is 1010. The van der Waals surface area contributed by atoms with Crippen LogP contribution in [0.5, 0.6) is 0 Å². The minimum atomic E-state index is -0.767. The van der Waals surface area contributed by atoms with Crippen molar-refractivity contribution in [3.8, 4) is 0 Å². The maximum absolute atomic E-state index is 12.9. The lowest BCUT2D eigenvalue weighted by Gasteiger charge is -2.18. The molecule has 0 rings (SSSR count). The predicted molar refractivity (Wildman–Crippen MR) is 280 cm³/mol. The van der Waals surface area contributed by atoms with E-state index in [1.54, 1.807) is 0 Å². The van der Waals surface area contributed by atoms with Crippen LogP contribution in [-0.4, -0.2) is 37.2 Å². The summed E-state index contributed by atoms with van der Waals surface area (Å²) < 4.78 is 16.9. The van der Waals surface area contributed by atoms with Gasteiger partial charge in [0.05, 0.1) is 0 Å². The molecule has 1 unspecified atom stereocenters. The van der Waals surface area contributed by atoms with Crippen LogP contribution in [0, 0.1) is 0 Å². The number of esters is 3. The normalized spacial score (nSPS) is 12.0. The van der Waals surface area contributed by atoms with E-state index in [9.17, 15) is 14.4 Å². The monoisotopic (exact) mass is 917 g/mol. The number of hydrogen-bond donors (Lipinski definition) is 0. The van der Waals surface area contributed by atoms with Gasteiger partial charge in [-0.15, -0.1) is 0 Å². The van der Waals surface area contributed by atoms with E-state index in [0.29, 0.717) is 19.3 Å². The zero-order valence-electron chi connectivity index (χ0n) is 44.0. The minimum absolute atomic E-state index is 0.0664. The highest BCUT2D eigenvalue weighted by molar-refractivity contribution is 5.71. The Morgan fingerprint density at radius 3 is 0.785 bits per heavy atom. The molecule has 0 aromatic heterocycles. The number of carbonyl (C=O) groups excluding carboxylic acids is 3. The van der Waals surface area contributed by atoms with Crippen LogP contribution in [-0.2, 0) is 28.6 Å². The van der Waals surface area contributed by atoms with E-state index < -0.39 is 6.10 Å². The zero-order chi connectivity index (χ0) is 47.2. The Hall–Kier alpha value is -1.85. The third-order valence-corrected chi connectivity index (χ3v) is 13.3. The maximum atomic E-state index is 12.9. The van der Waals surface area contributed by atoms with Crippen LogP contribution in [0.1, 0.15) is 329 Å². The van der Waals surface area contributed by atoms with Crippen LogP contribution < -0.4 is 0 Å². The van der Waals surface area contributed by atoms with Gasteiger partial charge in [0.15, 0.2) is 6.10 Å². The van der Waals surface area contributed by atoms with Crippen molar-refractivity contribution in [1.29, 1.82) is 0 Å². The molecule has 0 heterocycles. The fraction of sp³-hybridized carbons (Fsp3) is 0.915. The summed E-state index contributed by atoms with van der Waals surface area (Å²) in [5.74, 6) is -0.850. The SMILES string of the molecule is CCCCCC/C=C\CCCCCCCC(=O)OCC(COC(=O)CCCCCCCCCCCCCCCCCCC)OC(=O)CCCCCCCCCCCCCCCCCCC. The molecule has 0 saturated heterocycles. The summed E-state index contributed by atoms with van der Waals surface area (Å²) in [6, 6.07) is 0. The quantitative estimate of drug-likeness (QED) is 0.0262. The summed E-state index contributed by atoms with van der Waals surface area (Å²) in [4.78, 5) is 38.1. The van der Waals surface area contributed by atoms with Crippen molar-refractivity contribution in [2.75, 3.05) is 13.2 Å². The lowest BCUT2D eigenvalue weighted by molar-refractivity contribution is -0.167. The largest absolute Gasteiger partial charge is 0.462 e. The van der Waals surface area contributed by atoms with Crippen molar-refractivity contribution in [1.82, 2.24) is 0 Å². The molecule has 1 atom stereocenters. The number of unbranched alkanes of at least 4 members (excludes halogenated alkanes) is 41. The number of rotatable bonds is 54. The van der Waals surface area contributed by atoms with Gasteiger partial charge in [0, 0.05) is 19.3 Å². The first kappa shape index (κ1) is 63.1. The Morgan fingerprint density at radius 1 is 0.292 bits per heavy atom. The van der Waals surface area contributed by atoms with Gasteiger partial charge >= 0.3 is 17.9 Å². The molecule has 0 aromatic rings. The van der Waals surface area contributed by atoms with Crippen molar-refractivity contribution >= 4 is 17.9 Å². The van der Waals surface area contributed by atoms with Gasteiger partial charge in [-0.05, 0) is 44.9 Å². The summed E-state index contributed by atoms with van der Waals surface area (Å²) in [5.41, 5.74) is 0. The molecule has 6 nitrogen and oxygen atoms in total. The molecular formula is C59H112O6. The molecule has 0 aliphatic heterocycles. The third-order valence-electron chi connectivity index (χ3n) is 13.3. The second-order valence-electron chi connectivity index (χ2n) is 19.9. The number of carbonyl (C=O) groups is 3. The molecule has 384 valence electrons. The number of hydrogen-bond acceptors (Lipinski definition) is 6. The van der Waals surface area contributed by atoms with Crippen LogP contribution in [0.25, 0.3) is 0 Å². The third kappa shape index (κ3) is 53.0. The molecule has 0 amide bonds. The summed E-state index contributed by atoms with van der Waals surface area (Å²) in [5, 5.41) is 0. The van der Waals surface area contributed by atoms with Gasteiger partial charge in [-0.3, -0.25) is 14.4 Å². The van der Waals surface area contributed by atoms with E-state index in [1.807, 2.05) is 0 Å². The minimum Gasteiger partial charge on any atom is -0.462 e. The van der Waals surface area contributed by atoms with Crippen molar-refractivity contribution in [2.45, 2.75) is 335 Å². The van der Waals surface area contributed by atoms with Crippen LogP contribution >= 0.6 is 0 Å². The van der Waals surface area contributed by atoms with Crippen LogP contribution in [0.2, 0.25) is 0 Å². The molecule has 6 heteroatoms. The Kier molecular flexibility index (Phi) is 53.2. The van der Waals surface area contributed by atoms with Crippen molar-refractivity contribution < 1.29 is 28.6 Å². The highest BCUT2D eigenvalue weighted by atomic mass is 16.6. The lowest BCUT2D eigenvalue weighted by atomic mass is 10.0. The van der Waals surface area contributed by atoms with Gasteiger partial charge in [0.25, 0.3) is 0 Å². The van der Waals surface area contributed by atoms with E-state index >= 15 is 0 Å². The number of allylic oxidation sites excluding steroid dienone is 2. The average molecular weight is 918 g/mol. The fourth-order valence-corrected chi connectivity index (χ4v) is 8.85. The second-order valence-corrected chi connectivity index (χ2v) is 19.9. The van der Waals surface area contributed by atoms with Gasteiger partial charge in [-0.2, -0.15) is 0 Å². The molecule has 0 saturated carbocycles. The van der Waals surface area contributed by atoms with E-state index in [-0.39, 0.29) is 31.1 Å². The molecule has 0 bridgehead atoms. The van der Waals surface area contributed by atoms with Gasteiger partial charge in [0.2, 0.25) is 0 Å². The number of ether oxygens (including phenoxy) is 3. The second kappa shape index (κ2) is 54.8. The van der Waals surface area contributed by atoms with Crippen LogP contribution in [0.4, 0.5) is 0 Å². The lowest BCUT2D eigenvalue weighted by Crippen LogP contribution is -2.30. The molecule has 0 fully saturated rings. The highest BCUT2D eigenvalue weighted by Crippen LogP contribution is 2.17. The molecule has 65 heavy (non-hydrogen) atoms. The highest BCUT2D eigenvalue weighted by Gasteiger charge is 2.19. The first-order chi connectivity index (χ1) is 32.0. The van der Waals surface area contributed by atoms with Crippen LogP contribution in [0.3, 0.4) is 0 Å². The van der Waals surface area contributed by atoms with Gasteiger partial charge < -0.3 is 14.2 Å². The summed E-state index contributed by atoms with van der Waals surface area (Å²) in [7, 11) is 0. The van der Waals surface area contributed by atoms with E-state index in [4.69, 9.17) is 14.2 Å². The van der Waals surface area contributed by atoms with Crippen LogP contribution in [0.15, 0.2) is 12.2 Å². The van der Waals surface area contributed by atoms with Crippen molar-refractivity contribution in [3.05, 3.63) is 12.2 Å². The Labute approximate surface area is 405 Å². The average Bonchev–Trinajstić information content (AvgIpc) is 3.30. The molecule has 0 spiro atoms. The fourth-order valence-electron chi connectivity index (χ4n) is 8.85. The van der Waals surface area contributed by atoms with Gasteiger partial charge in [-0.25, -0.2) is 0 Å². The zero-order valence-corrected chi connectivity index (χ0v) is 44.0. The summed E-state index contributed by atoms with van der Waals surface area (Å²) >= 11 is 0. The summed E-state index contributed by atoms with van der Waals surface area (Å²) in [6.45, 7) is 6.68. The van der Waals surface area contributed by atoms with Gasteiger partial charge in [0.1, 0.15) is 13.2 Å².